The summed E-state index contributed by atoms with van der Waals surface area (Å²) in [7, 11) is 1.39. The molecule has 6 atom stereocenters. The summed E-state index contributed by atoms with van der Waals surface area (Å²) in [5.74, 6) is -3.37. The number of nitrogens with two attached hydrogens (primary N) is 1. The zero-order valence-corrected chi connectivity index (χ0v) is 23.4. The van der Waals surface area contributed by atoms with Crippen LogP contribution in [0.25, 0.3) is 0 Å². The van der Waals surface area contributed by atoms with E-state index >= 15 is 0 Å². The number of phenols is 2. The van der Waals surface area contributed by atoms with Gasteiger partial charge in [-0.05, 0) is 19.9 Å². The van der Waals surface area contributed by atoms with Crippen molar-refractivity contribution in [1.29, 1.82) is 0 Å². The van der Waals surface area contributed by atoms with Gasteiger partial charge in [0.2, 0.25) is 5.78 Å². The number of aliphatic hydroxyl groups excluding tert-OH is 1. The number of benzene rings is 2. The van der Waals surface area contributed by atoms with Crippen LogP contribution in [0.2, 0.25) is 0 Å². The molecule has 222 valence electrons. The Bertz CT molecular complexity index is 1400. The smallest absolute Gasteiger partial charge is 0.202 e. The van der Waals surface area contributed by atoms with Gasteiger partial charge in [0.15, 0.2) is 24.6 Å². The molecule has 12 nitrogen and oxygen atoms in total. The van der Waals surface area contributed by atoms with Crippen molar-refractivity contribution in [2.24, 2.45) is 5.73 Å². The molecule has 1 aliphatic heterocycles. The maximum absolute atomic E-state index is 13.8. The second-order valence-corrected chi connectivity index (χ2v) is 10.5. The molecule has 1 saturated heterocycles. The first-order chi connectivity index (χ1) is 18.9. The molecular weight excluding hydrogens is 562 g/mol. The van der Waals surface area contributed by atoms with Gasteiger partial charge in [-0.15, -0.1) is 12.4 Å². The first-order valence-electron chi connectivity index (χ1n) is 12.8. The number of ether oxygens (including phenoxy) is 4. The van der Waals surface area contributed by atoms with Crippen LogP contribution in [0.4, 0.5) is 0 Å². The largest absolute Gasteiger partial charge is 0.507 e. The Balaban J connectivity index is 0.00000387. The van der Waals surface area contributed by atoms with Gasteiger partial charge in [0.05, 0.1) is 35.0 Å². The second-order valence-electron chi connectivity index (χ2n) is 10.5. The average Bonchev–Trinajstić information content (AvgIpc) is 2.90. The Morgan fingerprint density at radius 1 is 1.15 bits per heavy atom. The van der Waals surface area contributed by atoms with E-state index in [2.05, 4.69) is 0 Å². The van der Waals surface area contributed by atoms with E-state index in [9.17, 15) is 34.8 Å². The van der Waals surface area contributed by atoms with Gasteiger partial charge >= 0.3 is 0 Å². The molecule has 6 N–H and O–H groups in total. The zero-order chi connectivity index (χ0) is 29.1. The van der Waals surface area contributed by atoms with Crippen LogP contribution < -0.4 is 10.5 Å². The van der Waals surface area contributed by atoms with Gasteiger partial charge < -0.3 is 45.1 Å². The van der Waals surface area contributed by atoms with E-state index in [0.717, 1.165) is 0 Å². The number of ketones is 3. The SMILES string of the molecule is COCOc1cccc2c1C(=O)c1c(O)c3c(c(O)c1C2=O)C[C@@](O)(C(C)=O)C[C@@H]3OC1CC(N)C(O)C(C)O1.Cl. The highest BCUT2D eigenvalue weighted by molar-refractivity contribution is 6.31. The number of carbonyl (C=O) groups excluding carboxylic acids is 3. The number of methoxy groups -OCH3 is 1. The molecule has 1 fully saturated rings. The van der Waals surface area contributed by atoms with Gasteiger partial charge in [-0.3, -0.25) is 14.4 Å². The van der Waals surface area contributed by atoms with E-state index < -0.39 is 82.6 Å². The fourth-order valence-electron chi connectivity index (χ4n) is 5.73. The monoisotopic (exact) mass is 593 g/mol. The van der Waals surface area contributed by atoms with Gasteiger partial charge in [0.1, 0.15) is 22.8 Å². The molecule has 0 amide bonds. The summed E-state index contributed by atoms with van der Waals surface area (Å²) in [4.78, 5) is 39.9. The highest BCUT2D eigenvalue weighted by atomic mass is 35.5. The number of rotatable bonds is 6. The molecule has 4 unspecified atom stereocenters. The van der Waals surface area contributed by atoms with Crippen LogP contribution >= 0.6 is 12.4 Å². The first-order valence-corrected chi connectivity index (χ1v) is 12.8. The lowest BCUT2D eigenvalue weighted by atomic mass is 9.72. The molecule has 41 heavy (non-hydrogen) atoms. The van der Waals surface area contributed by atoms with Crippen LogP contribution in [0.3, 0.4) is 0 Å². The first kappa shape index (κ1) is 30.8. The van der Waals surface area contributed by atoms with Gasteiger partial charge in [-0.2, -0.15) is 0 Å². The summed E-state index contributed by atoms with van der Waals surface area (Å²) in [6.07, 6.45) is -4.63. The van der Waals surface area contributed by atoms with E-state index in [4.69, 9.17) is 24.7 Å². The van der Waals surface area contributed by atoms with Crippen molar-refractivity contribution in [2.45, 2.75) is 69.4 Å². The van der Waals surface area contributed by atoms with Crippen LogP contribution in [-0.2, 0) is 25.4 Å². The second kappa shape index (κ2) is 11.3. The van der Waals surface area contributed by atoms with Gasteiger partial charge in [0, 0.05) is 49.1 Å². The summed E-state index contributed by atoms with van der Waals surface area (Å²) in [5.41, 5.74) is 2.80. The van der Waals surface area contributed by atoms with Crippen molar-refractivity contribution in [1.82, 2.24) is 0 Å². The standard InChI is InChI=1S/C28H31NO11.ClH/c1-11-23(31)15(29)7-18(39-11)40-17-9-28(36,12(2)30)8-14-20(17)27(35)22-21(25(14)33)24(32)13-5-4-6-16(38-10-37-3)19(13)26(22)34;/h4-6,11,15,17-18,23,31,33,35-36H,7-10,29H2,1-3H3;1H/t11?,15?,17-,18?,23?,28-;/m0./s1. The Hall–Kier alpha value is -3.10. The van der Waals surface area contributed by atoms with Gasteiger partial charge in [-0.1, -0.05) is 12.1 Å². The molecule has 0 radical (unpaired) electrons. The van der Waals surface area contributed by atoms with Crippen LogP contribution in [-0.4, -0.2) is 81.8 Å². The third-order valence-corrected chi connectivity index (χ3v) is 7.91. The molecule has 0 spiro atoms. The topological polar surface area (TPSA) is 195 Å². The molecule has 2 aromatic rings. The normalized spacial score (nSPS) is 28.7. The fraction of sp³-hybridized carbons (Fsp3) is 0.464. The van der Waals surface area contributed by atoms with Crippen molar-refractivity contribution in [3.8, 4) is 17.2 Å². The van der Waals surface area contributed by atoms with Crippen LogP contribution in [0, 0.1) is 0 Å². The van der Waals surface area contributed by atoms with Crippen LogP contribution in [0.15, 0.2) is 18.2 Å². The van der Waals surface area contributed by atoms with Gasteiger partial charge in [-0.25, -0.2) is 0 Å². The quantitative estimate of drug-likeness (QED) is 0.204. The number of hydrogen-bond donors (Lipinski definition) is 5. The van der Waals surface area contributed by atoms with Crippen molar-refractivity contribution >= 4 is 29.8 Å². The zero-order valence-electron chi connectivity index (χ0n) is 22.6. The molecule has 0 saturated carbocycles. The predicted octanol–water partition coefficient (Wildman–Crippen LogP) is 1.42. The van der Waals surface area contributed by atoms with Crippen molar-refractivity contribution < 1.29 is 53.8 Å². The summed E-state index contributed by atoms with van der Waals surface area (Å²) in [6.45, 7) is 2.57. The van der Waals surface area contributed by atoms with E-state index in [-0.39, 0.29) is 60.0 Å². The molecule has 2 aliphatic carbocycles. The number of carbonyl (C=O) groups is 3. The van der Waals surface area contributed by atoms with Crippen LogP contribution in [0.5, 0.6) is 17.2 Å². The van der Waals surface area contributed by atoms with Crippen molar-refractivity contribution in [3.05, 3.63) is 51.6 Å². The number of aliphatic hydroxyl groups is 2. The highest BCUT2D eigenvalue weighted by Gasteiger charge is 2.49. The minimum Gasteiger partial charge on any atom is -0.507 e. The number of phenolic OH excluding ortho intramolecular Hbond substituents is 2. The Labute approximate surface area is 241 Å². The lowest BCUT2D eigenvalue weighted by Gasteiger charge is -2.42. The van der Waals surface area contributed by atoms with Gasteiger partial charge in [0.25, 0.3) is 0 Å². The number of Topliss-reactive ketones (excluding diaryl/α,β-unsaturated/α-hetero) is 1. The average molecular weight is 594 g/mol. The number of hydrogen-bond acceptors (Lipinski definition) is 12. The van der Waals surface area contributed by atoms with E-state index in [0.29, 0.717) is 0 Å². The Morgan fingerprint density at radius 3 is 2.46 bits per heavy atom. The maximum Gasteiger partial charge on any atom is 0.202 e. The molecule has 3 aliphatic rings. The number of halogens is 1. The number of fused-ring (bicyclic) bond motifs is 3. The molecule has 0 bridgehead atoms. The van der Waals surface area contributed by atoms with Crippen LogP contribution in [0.1, 0.15) is 75.8 Å². The predicted molar refractivity (Wildman–Crippen MR) is 144 cm³/mol. The molecule has 0 aromatic heterocycles. The summed E-state index contributed by atoms with van der Waals surface area (Å²) in [6, 6.07) is 3.67. The summed E-state index contributed by atoms with van der Waals surface area (Å²) in [5, 5.41) is 44.3. The molecule has 5 rings (SSSR count). The Kier molecular flexibility index (Phi) is 8.50. The molecule has 13 heteroatoms. The van der Waals surface area contributed by atoms with Crippen molar-refractivity contribution in [2.75, 3.05) is 13.9 Å². The molecular formula is C28H32ClNO11. The summed E-state index contributed by atoms with van der Waals surface area (Å²) >= 11 is 0. The van der Waals surface area contributed by atoms with E-state index in [1.54, 1.807) is 6.92 Å². The Morgan fingerprint density at radius 2 is 1.83 bits per heavy atom. The highest BCUT2D eigenvalue weighted by Crippen LogP contribution is 2.52. The minimum absolute atomic E-state index is 0. The van der Waals surface area contributed by atoms with E-state index in [1.807, 2.05) is 0 Å². The fourth-order valence-corrected chi connectivity index (χ4v) is 5.73. The third-order valence-electron chi connectivity index (χ3n) is 7.91. The third kappa shape index (κ3) is 4.99. The number of aromatic hydroxyl groups is 2. The van der Waals surface area contributed by atoms with Crippen molar-refractivity contribution in [3.63, 3.8) is 0 Å². The molecule has 2 aromatic carbocycles. The lowest BCUT2D eigenvalue weighted by molar-refractivity contribution is -0.247. The maximum atomic E-state index is 13.8. The minimum atomic E-state index is -2.02. The lowest BCUT2D eigenvalue weighted by Crippen LogP contribution is -2.52. The van der Waals surface area contributed by atoms with E-state index in [1.165, 1.54) is 32.2 Å². The molecule has 1 heterocycles. The summed E-state index contributed by atoms with van der Waals surface area (Å²) < 4.78 is 22.2.